The normalized spacial score (nSPS) is 19.2. The van der Waals surface area contributed by atoms with E-state index in [1.807, 2.05) is 24.3 Å². The summed E-state index contributed by atoms with van der Waals surface area (Å²) in [4.78, 5) is 4.13. The number of nitrogens with one attached hydrogen (secondary N) is 1. The second-order valence-electron chi connectivity index (χ2n) is 8.70. The zero-order valence-corrected chi connectivity index (χ0v) is 19.0. The van der Waals surface area contributed by atoms with Crippen LogP contribution in [0, 0.1) is 11.8 Å². The largest absolute Gasteiger partial charge is 0.393 e. The van der Waals surface area contributed by atoms with Crippen LogP contribution in [-0.2, 0) is 0 Å². The van der Waals surface area contributed by atoms with E-state index in [0.29, 0.717) is 11.7 Å². The van der Waals surface area contributed by atoms with Gasteiger partial charge in [0.25, 0.3) is 6.43 Å². The number of aliphatic hydroxyl groups is 2. The molecule has 4 rings (SSSR count). The number of aliphatic hydroxyl groups excluding tert-OH is 2. The lowest BCUT2D eigenvalue weighted by Crippen LogP contribution is -2.42. The minimum Gasteiger partial charge on any atom is -0.393 e. The third-order valence-corrected chi connectivity index (χ3v) is 6.26. The van der Waals surface area contributed by atoms with Gasteiger partial charge in [0.15, 0.2) is 0 Å². The number of imidazole rings is 1. The van der Waals surface area contributed by atoms with Crippen LogP contribution in [0.4, 0.5) is 8.78 Å². The molecule has 178 valence electrons. The summed E-state index contributed by atoms with van der Waals surface area (Å²) in [5, 5.41) is 22.5. The summed E-state index contributed by atoms with van der Waals surface area (Å²) in [6.45, 7) is 1.21. The van der Waals surface area contributed by atoms with Crippen molar-refractivity contribution in [3.05, 3.63) is 77.9 Å². The lowest BCUT2D eigenvalue weighted by Gasteiger charge is -2.36. The fraction of sp³-hybridized carbons (Fsp3) is 0.370. The Bertz CT molecular complexity index is 1130. The molecule has 3 N–H and O–H groups in total. The second kappa shape index (κ2) is 10.9. The Morgan fingerprint density at radius 2 is 1.74 bits per heavy atom. The van der Waals surface area contributed by atoms with Crippen LogP contribution in [0.3, 0.4) is 0 Å². The molecule has 2 unspecified atom stereocenters. The minimum absolute atomic E-state index is 0.183. The van der Waals surface area contributed by atoms with E-state index in [1.165, 1.54) is 5.56 Å². The summed E-state index contributed by atoms with van der Waals surface area (Å²) in [6.07, 6.45) is 2.03. The van der Waals surface area contributed by atoms with Gasteiger partial charge in [-0.25, -0.2) is 13.8 Å². The van der Waals surface area contributed by atoms with Crippen molar-refractivity contribution in [1.82, 2.24) is 14.9 Å². The first kappa shape index (κ1) is 24.1. The van der Waals surface area contributed by atoms with Crippen molar-refractivity contribution in [2.24, 2.45) is 0 Å². The van der Waals surface area contributed by atoms with Gasteiger partial charge in [-0.3, -0.25) is 0 Å². The maximum atomic E-state index is 12.3. The van der Waals surface area contributed by atoms with Gasteiger partial charge in [-0.15, -0.1) is 0 Å². The van der Waals surface area contributed by atoms with Gasteiger partial charge in [0.05, 0.1) is 13.2 Å². The van der Waals surface area contributed by atoms with Crippen LogP contribution < -0.4 is 5.32 Å². The predicted octanol–water partition coefficient (Wildman–Crippen LogP) is 4.29. The van der Waals surface area contributed by atoms with Crippen molar-refractivity contribution in [1.29, 1.82) is 0 Å². The topological polar surface area (TPSA) is 70.3 Å². The van der Waals surface area contributed by atoms with Crippen molar-refractivity contribution >= 4 is 0 Å². The van der Waals surface area contributed by atoms with E-state index < -0.39 is 18.6 Å². The van der Waals surface area contributed by atoms with E-state index in [-0.39, 0.29) is 19.2 Å². The van der Waals surface area contributed by atoms with Crippen LogP contribution in [0.1, 0.15) is 54.8 Å². The summed E-state index contributed by atoms with van der Waals surface area (Å²) in [5.74, 6) is 7.04. The Kier molecular flexibility index (Phi) is 7.73. The third-order valence-electron chi connectivity index (χ3n) is 6.26. The molecule has 2 aromatic carbocycles. The van der Waals surface area contributed by atoms with Crippen LogP contribution in [0.2, 0.25) is 0 Å². The predicted molar refractivity (Wildman–Crippen MR) is 128 cm³/mol. The molecule has 1 aromatic heterocycles. The average molecular weight is 466 g/mol. The highest BCUT2D eigenvalue weighted by atomic mass is 19.3. The van der Waals surface area contributed by atoms with Gasteiger partial charge in [0.2, 0.25) is 0 Å². The molecule has 1 fully saturated rings. The standard InChI is InChI=1S/C27H29F2N3O2/c1-18(34)27-30-12-13-32(27)25(17-33)11-4-19-2-5-20(6-3-19)21-7-9-22(10-8-21)23-14-24(15-23)31-16-26(28)29/h2-3,5-10,12-13,18,23-26,31,33-34H,14-17H2,1H3. The van der Waals surface area contributed by atoms with Crippen molar-refractivity contribution in [3.63, 3.8) is 0 Å². The zero-order valence-electron chi connectivity index (χ0n) is 19.0. The summed E-state index contributed by atoms with van der Waals surface area (Å²) < 4.78 is 26.3. The summed E-state index contributed by atoms with van der Waals surface area (Å²) in [7, 11) is 0. The molecule has 0 radical (unpaired) electrons. The lowest BCUT2D eigenvalue weighted by molar-refractivity contribution is 0.131. The molecule has 7 heteroatoms. The molecule has 3 aromatic rings. The lowest BCUT2D eigenvalue weighted by atomic mass is 9.75. The summed E-state index contributed by atoms with van der Waals surface area (Å²) >= 11 is 0. The number of hydrogen-bond donors (Lipinski definition) is 3. The molecule has 0 bridgehead atoms. The molecular formula is C27H29F2N3O2. The van der Waals surface area contributed by atoms with Crippen molar-refractivity contribution in [2.45, 2.75) is 50.3 Å². The molecule has 0 amide bonds. The van der Waals surface area contributed by atoms with Gasteiger partial charge in [-0.2, -0.15) is 0 Å². The van der Waals surface area contributed by atoms with Gasteiger partial charge in [0, 0.05) is 24.0 Å². The van der Waals surface area contributed by atoms with Crippen molar-refractivity contribution < 1.29 is 19.0 Å². The first-order chi connectivity index (χ1) is 16.4. The van der Waals surface area contributed by atoms with Crippen molar-refractivity contribution in [3.8, 4) is 23.0 Å². The van der Waals surface area contributed by atoms with Crippen LogP contribution in [0.25, 0.3) is 11.1 Å². The molecule has 2 atom stereocenters. The van der Waals surface area contributed by atoms with Crippen LogP contribution in [-0.4, -0.2) is 45.4 Å². The maximum Gasteiger partial charge on any atom is 0.250 e. The third kappa shape index (κ3) is 5.71. The molecule has 5 nitrogen and oxygen atoms in total. The summed E-state index contributed by atoms with van der Waals surface area (Å²) in [6, 6.07) is 16.0. The van der Waals surface area contributed by atoms with E-state index >= 15 is 0 Å². The Balaban J connectivity index is 1.37. The molecule has 0 saturated heterocycles. The Labute approximate surface area is 198 Å². The van der Waals surface area contributed by atoms with E-state index in [2.05, 4.69) is 46.4 Å². The van der Waals surface area contributed by atoms with E-state index in [9.17, 15) is 19.0 Å². The highest BCUT2D eigenvalue weighted by molar-refractivity contribution is 5.64. The SMILES string of the molecule is CC(O)c1nccn1C(C#Cc1ccc(-c2ccc(C3CC(NCC(F)F)C3)cc2)cc1)CO. The van der Waals surface area contributed by atoms with Crippen LogP contribution in [0.15, 0.2) is 60.9 Å². The molecule has 0 spiro atoms. The van der Waals surface area contributed by atoms with Gasteiger partial charge >= 0.3 is 0 Å². The number of aromatic nitrogens is 2. The molecule has 0 aliphatic heterocycles. The fourth-order valence-electron chi connectivity index (χ4n) is 4.29. The molecular weight excluding hydrogens is 436 g/mol. The first-order valence-corrected chi connectivity index (χ1v) is 11.5. The van der Waals surface area contributed by atoms with Gasteiger partial charge in [0.1, 0.15) is 18.0 Å². The maximum absolute atomic E-state index is 12.3. The molecule has 1 aliphatic carbocycles. The summed E-state index contributed by atoms with van der Waals surface area (Å²) in [5.41, 5.74) is 4.25. The molecule has 34 heavy (non-hydrogen) atoms. The van der Waals surface area contributed by atoms with Gasteiger partial charge in [-0.05, 0) is 54.5 Å². The monoisotopic (exact) mass is 465 g/mol. The first-order valence-electron chi connectivity index (χ1n) is 11.5. The number of alkyl halides is 2. The Morgan fingerprint density at radius 1 is 1.09 bits per heavy atom. The average Bonchev–Trinajstić information content (AvgIpc) is 3.29. The van der Waals surface area contributed by atoms with Gasteiger partial charge in [-0.1, -0.05) is 48.2 Å². The van der Waals surface area contributed by atoms with Gasteiger partial charge < -0.3 is 20.1 Å². The molecule has 1 heterocycles. The van der Waals surface area contributed by atoms with E-state index in [4.69, 9.17) is 0 Å². The second-order valence-corrected chi connectivity index (χ2v) is 8.70. The minimum atomic E-state index is -2.30. The molecule has 1 aliphatic rings. The number of rotatable bonds is 8. The van der Waals surface area contributed by atoms with Crippen LogP contribution >= 0.6 is 0 Å². The number of hydrogen-bond acceptors (Lipinski definition) is 4. The van der Waals surface area contributed by atoms with E-state index in [0.717, 1.165) is 29.5 Å². The number of halogens is 2. The number of benzene rings is 2. The Hall–Kier alpha value is -3.05. The molecule has 1 saturated carbocycles. The van der Waals surface area contributed by atoms with Crippen LogP contribution in [0.5, 0.6) is 0 Å². The fourth-order valence-corrected chi connectivity index (χ4v) is 4.29. The van der Waals surface area contributed by atoms with Crippen molar-refractivity contribution in [2.75, 3.05) is 13.2 Å². The van der Waals surface area contributed by atoms with E-state index in [1.54, 1.807) is 23.9 Å². The number of nitrogens with zero attached hydrogens (tertiary/aromatic N) is 2. The quantitative estimate of drug-likeness (QED) is 0.434. The smallest absolute Gasteiger partial charge is 0.250 e. The highest BCUT2D eigenvalue weighted by Crippen LogP contribution is 2.37. The highest BCUT2D eigenvalue weighted by Gasteiger charge is 2.30. The zero-order chi connectivity index (χ0) is 24.1. The Morgan fingerprint density at radius 3 is 2.32 bits per heavy atom.